The Morgan fingerprint density at radius 2 is 2.00 bits per heavy atom. The molecule has 1 N–H and O–H groups in total. The number of rotatable bonds is 6. The first-order valence-electron chi connectivity index (χ1n) is 7.30. The first kappa shape index (κ1) is 19.9. The minimum Gasteiger partial charge on any atom is -0.383 e. The highest BCUT2D eigenvalue weighted by atomic mass is 127. The molecule has 1 rings (SSSR count). The standard InChI is InChI=1S/C14H30N4O.HI/c1-13-5-8-18(9-6-13)14(15-2)16-7-10-17(3)11-12-19-4;/h13H,5-12H2,1-4H3,(H,15,16);1H. The second kappa shape index (κ2) is 11.6. The maximum atomic E-state index is 5.07. The van der Waals surface area contributed by atoms with Gasteiger partial charge in [-0.25, -0.2) is 0 Å². The lowest BCUT2D eigenvalue weighted by molar-refractivity contribution is 0.162. The molecule has 1 aliphatic rings. The maximum absolute atomic E-state index is 5.07. The van der Waals surface area contributed by atoms with E-state index in [0.717, 1.165) is 51.2 Å². The lowest BCUT2D eigenvalue weighted by Crippen LogP contribution is -2.47. The number of methoxy groups -OCH3 is 1. The van der Waals surface area contributed by atoms with Crippen LogP contribution in [0.1, 0.15) is 19.8 Å². The lowest BCUT2D eigenvalue weighted by Gasteiger charge is -2.33. The second-order valence-electron chi connectivity index (χ2n) is 5.44. The summed E-state index contributed by atoms with van der Waals surface area (Å²) in [5.41, 5.74) is 0. The zero-order chi connectivity index (χ0) is 14.1. The van der Waals surface area contributed by atoms with Crippen LogP contribution < -0.4 is 5.32 Å². The van der Waals surface area contributed by atoms with Crippen LogP contribution in [-0.4, -0.2) is 76.3 Å². The van der Waals surface area contributed by atoms with E-state index in [0.29, 0.717) is 0 Å². The van der Waals surface area contributed by atoms with Crippen molar-refractivity contribution in [3.63, 3.8) is 0 Å². The van der Waals surface area contributed by atoms with E-state index in [1.165, 1.54) is 12.8 Å². The molecule has 1 aliphatic heterocycles. The number of halogens is 1. The van der Waals surface area contributed by atoms with Gasteiger partial charge < -0.3 is 19.9 Å². The van der Waals surface area contributed by atoms with Crippen LogP contribution in [0.3, 0.4) is 0 Å². The highest BCUT2D eigenvalue weighted by molar-refractivity contribution is 14.0. The predicted octanol–water partition coefficient (Wildman–Crippen LogP) is 1.49. The number of nitrogens with one attached hydrogen (secondary N) is 1. The minimum atomic E-state index is 0. The third kappa shape index (κ3) is 7.64. The average Bonchev–Trinajstić information content (AvgIpc) is 2.42. The third-order valence-corrected chi connectivity index (χ3v) is 3.75. The van der Waals surface area contributed by atoms with Crippen molar-refractivity contribution in [1.29, 1.82) is 0 Å². The fourth-order valence-electron chi connectivity index (χ4n) is 2.27. The zero-order valence-electron chi connectivity index (χ0n) is 13.4. The number of piperidine rings is 1. The van der Waals surface area contributed by atoms with Crippen molar-refractivity contribution in [2.45, 2.75) is 19.8 Å². The molecule has 0 aromatic heterocycles. The Kier molecular flexibility index (Phi) is 11.5. The van der Waals surface area contributed by atoms with Crippen LogP contribution in [0.4, 0.5) is 0 Å². The van der Waals surface area contributed by atoms with Gasteiger partial charge in [-0.15, -0.1) is 24.0 Å². The second-order valence-corrected chi connectivity index (χ2v) is 5.44. The number of aliphatic imine (C=N–C) groups is 1. The molecular formula is C14H31IN4O. The molecule has 0 aliphatic carbocycles. The molecule has 0 saturated carbocycles. The Morgan fingerprint density at radius 3 is 2.55 bits per heavy atom. The molecule has 0 atom stereocenters. The Morgan fingerprint density at radius 1 is 1.35 bits per heavy atom. The molecule has 5 nitrogen and oxygen atoms in total. The highest BCUT2D eigenvalue weighted by Gasteiger charge is 2.18. The van der Waals surface area contributed by atoms with E-state index >= 15 is 0 Å². The molecule has 0 radical (unpaired) electrons. The van der Waals surface area contributed by atoms with E-state index in [4.69, 9.17) is 4.74 Å². The van der Waals surface area contributed by atoms with Gasteiger partial charge in [-0.2, -0.15) is 0 Å². The van der Waals surface area contributed by atoms with Gasteiger partial charge >= 0.3 is 0 Å². The molecule has 0 aromatic carbocycles. The fourth-order valence-corrected chi connectivity index (χ4v) is 2.27. The summed E-state index contributed by atoms with van der Waals surface area (Å²) in [4.78, 5) is 9.02. The number of hydrogen-bond donors (Lipinski definition) is 1. The molecule has 0 spiro atoms. The van der Waals surface area contributed by atoms with Crippen molar-refractivity contribution in [3.05, 3.63) is 0 Å². The molecule has 0 unspecified atom stereocenters. The van der Waals surface area contributed by atoms with Crippen LogP contribution >= 0.6 is 24.0 Å². The van der Waals surface area contributed by atoms with E-state index in [-0.39, 0.29) is 24.0 Å². The first-order valence-corrected chi connectivity index (χ1v) is 7.30. The molecule has 1 saturated heterocycles. The van der Waals surface area contributed by atoms with Gasteiger partial charge in [0.25, 0.3) is 0 Å². The predicted molar refractivity (Wildman–Crippen MR) is 96.1 cm³/mol. The first-order chi connectivity index (χ1) is 9.17. The maximum Gasteiger partial charge on any atom is 0.193 e. The summed E-state index contributed by atoms with van der Waals surface area (Å²) in [7, 11) is 5.73. The van der Waals surface area contributed by atoms with Gasteiger partial charge in [0.1, 0.15) is 0 Å². The number of likely N-dealkylation sites (N-methyl/N-ethyl adjacent to an activating group) is 1. The van der Waals surface area contributed by atoms with Gasteiger partial charge in [0.2, 0.25) is 0 Å². The van der Waals surface area contributed by atoms with Gasteiger partial charge in [0.15, 0.2) is 5.96 Å². The molecule has 0 amide bonds. The van der Waals surface area contributed by atoms with Crippen LogP contribution in [0.15, 0.2) is 4.99 Å². The number of ether oxygens (including phenoxy) is 1. The van der Waals surface area contributed by atoms with Gasteiger partial charge in [-0.3, -0.25) is 4.99 Å². The summed E-state index contributed by atoms with van der Waals surface area (Å²) in [6, 6.07) is 0. The summed E-state index contributed by atoms with van der Waals surface area (Å²) in [6.45, 7) is 8.28. The van der Waals surface area contributed by atoms with Crippen molar-refractivity contribution >= 4 is 29.9 Å². The van der Waals surface area contributed by atoms with Crippen LogP contribution in [0.25, 0.3) is 0 Å². The zero-order valence-corrected chi connectivity index (χ0v) is 15.7. The Labute approximate surface area is 141 Å². The minimum absolute atomic E-state index is 0. The van der Waals surface area contributed by atoms with Crippen molar-refractivity contribution in [2.75, 3.05) is 60.5 Å². The summed E-state index contributed by atoms with van der Waals surface area (Å²) < 4.78 is 5.07. The monoisotopic (exact) mass is 398 g/mol. The Bertz CT molecular complexity index is 268. The molecule has 1 fully saturated rings. The number of likely N-dealkylation sites (tertiary alicyclic amines) is 1. The van der Waals surface area contributed by atoms with Gasteiger partial charge in [-0.05, 0) is 25.8 Å². The van der Waals surface area contributed by atoms with Gasteiger partial charge in [0, 0.05) is 46.9 Å². The van der Waals surface area contributed by atoms with Crippen molar-refractivity contribution in [1.82, 2.24) is 15.1 Å². The molecule has 0 aromatic rings. The van der Waals surface area contributed by atoms with Gasteiger partial charge in [0.05, 0.1) is 6.61 Å². The van der Waals surface area contributed by atoms with Crippen molar-refractivity contribution in [3.8, 4) is 0 Å². The van der Waals surface area contributed by atoms with Crippen LogP contribution in [0.2, 0.25) is 0 Å². The third-order valence-electron chi connectivity index (χ3n) is 3.75. The molecule has 120 valence electrons. The van der Waals surface area contributed by atoms with E-state index in [2.05, 4.69) is 34.1 Å². The Balaban J connectivity index is 0.00000361. The molecular weight excluding hydrogens is 367 g/mol. The number of hydrogen-bond acceptors (Lipinski definition) is 3. The molecule has 6 heteroatoms. The SMILES string of the molecule is CN=C(NCCN(C)CCOC)N1CCC(C)CC1.I. The number of nitrogens with zero attached hydrogens (tertiary/aromatic N) is 3. The quantitative estimate of drug-likeness (QED) is 0.418. The normalized spacial score (nSPS) is 17.2. The summed E-state index contributed by atoms with van der Waals surface area (Å²) in [5.74, 6) is 1.90. The highest BCUT2D eigenvalue weighted by Crippen LogP contribution is 2.15. The van der Waals surface area contributed by atoms with Crippen molar-refractivity contribution < 1.29 is 4.74 Å². The van der Waals surface area contributed by atoms with Crippen LogP contribution in [0.5, 0.6) is 0 Å². The molecule has 20 heavy (non-hydrogen) atoms. The lowest BCUT2D eigenvalue weighted by atomic mass is 10.00. The van der Waals surface area contributed by atoms with E-state index in [9.17, 15) is 0 Å². The molecule has 1 heterocycles. The molecule has 0 bridgehead atoms. The summed E-state index contributed by atoms with van der Waals surface area (Å²) >= 11 is 0. The van der Waals surface area contributed by atoms with Crippen molar-refractivity contribution in [2.24, 2.45) is 10.9 Å². The van der Waals surface area contributed by atoms with Crippen LogP contribution in [0, 0.1) is 5.92 Å². The Hall–Kier alpha value is -0.0800. The average molecular weight is 398 g/mol. The largest absolute Gasteiger partial charge is 0.383 e. The smallest absolute Gasteiger partial charge is 0.193 e. The van der Waals surface area contributed by atoms with Crippen LogP contribution in [-0.2, 0) is 4.74 Å². The van der Waals surface area contributed by atoms with E-state index < -0.39 is 0 Å². The fraction of sp³-hybridized carbons (Fsp3) is 0.929. The van der Waals surface area contributed by atoms with E-state index in [1.54, 1.807) is 7.11 Å². The number of guanidine groups is 1. The summed E-state index contributed by atoms with van der Waals surface area (Å²) in [5, 5.41) is 3.45. The van der Waals surface area contributed by atoms with Gasteiger partial charge in [-0.1, -0.05) is 6.92 Å². The summed E-state index contributed by atoms with van der Waals surface area (Å²) in [6.07, 6.45) is 2.54. The topological polar surface area (TPSA) is 40.1 Å². The van der Waals surface area contributed by atoms with E-state index in [1.807, 2.05) is 7.05 Å².